The first kappa shape index (κ1) is 17.9. The number of sulfone groups is 1. The monoisotopic (exact) mass is 350 g/mol. The van der Waals surface area contributed by atoms with E-state index in [1.807, 2.05) is 0 Å². The van der Waals surface area contributed by atoms with Crippen molar-refractivity contribution in [1.82, 2.24) is 5.32 Å². The molecule has 24 heavy (non-hydrogen) atoms. The fourth-order valence-electron chi connectivity index (χ4n) is 2.71. The first-order chi connectivity index (χ1) is 11.3. The van der Waals surface area contributed by atoms with Gasteiger partial charge in [-0.2, -0.15) is 5.26 Å². The van der Waals surface area contributed by atoms with Gasteiger partial charge in [0.25, 0.3) is 5.91 Å². The van der Waals surface area contributed by atoms with E-state index in [4.69, 9.17) is 4.74 Å². The molecule has 1 saturated carbocycles. The molecule has 0 heterocycles. The van der Waals surface area contributed by atoms with Crippen molar-refractivity contribution < 1.29 is 22.7 Å². The Hall–Kier alpha value is -2.40. The number of carbonyl (C=O) groups is 2. The zero-order valence-corrected chi connectivity index (χ0v) is 14.1. The van der Waals surface area contributed by atoms with Crippen LogP contribution in [0.4, 0.5) is 0 Å². The van der Waals surface area contributed by atoms with Crippen LogP contribution < -0.4 is 5.32 Å². The van der Waals surface area contributed by atoms with Crippen LogP contribution >= 0.6 is 0 Å². The number of hydrogen-bond acceptors (Lipinski definition) is 6. The molecule has 1 N–H and O–H groups in total. The zero-order chi connectivity index (χ0) is 17.8. The van der Waals surface area contributed by atoms with Gasteiger partial charge in [0.2, 0.25) is 0 Å². The summed E-state index contributed by atoms with van der Waals surface area (Å²) in [6.45, 7) is -0.569. The largest absolute Gasteiger partial charge is 0.452 e. The number of esters is 1. The minimum Gasteiger partial charge on any atom is -0.452 e. The molecule has 0 bridgehead atoms. The average molecular weight is 350 g/mol. The molecule has 2 rings (SSSR count). The summed E-state index contributed by atoms with van der Waals surface area (Å²) in [6.07, 6.45) is 3.84. The van der Waals surface area contributed by atoms with E-state index in [2.05, 4.69) is 11.4 Å². The number of nitriles is 1. The van der Waals surface area contributed by atoms with Gasteiger partial charge in [0.1, 0.15) is 5.54 Å². The van der Waals surface area contributed by atoms with Crippen LogP contribution in [0.3, 0.4) is 0 Å². The number of carbonyl (C=O) groups excluding carboxylic acids is 2. The van der Waals surface area contributed by atoms with Gasteiger partial charge in [-0.1, -0.05) is 12.1 Å². The second kappa shape index (κ2) is 7.01. The Morgan fingerprint density at radius 2 is 1.92 bits per heavy atom. The van der Waals surface area contributed by atoms with Gasteiger partial charge in [-0.15, -0.1) is 0 Å². The van der Waals surface area contributed by atoms with Crippen molar-refractivity contribution in [2.24, 2.45) is 0 Å². The Bertz CT molecular complexity index is 789. The van der Waals surface area contributed by atoms with Crippen LogP contribution in [0.2, 0.25) is 0 Å². The Morgan fingerprint density at radius 3 is 2.50 bits per heavy atom. The van der Waals surface area contributed by atoms with Crippen molar-refractivity contribution in [3.05, 3.63) is 29.8 Å². The zero-order valence-electron chi connectivity index (χ0n) is 13.2. The van der Waals surface area contributed by atoms with Crippen LogP contribution in [-0.2, 0) is 19.4 Å². The van der Waals surface area contributed by atoms with Gasteiger partial charge in [0.15, 0.2) is 16.4 Å². The fraction of sp³-hybridized carbons (Fsp3) is 0.438. The van der Waals surface area contributed by atoms with E-state index in [-0.39, 0.29) is 10.5 Å². The second-order valence-electron chi connectivity index (χ2n) is 5.79. The van der Waals surface area contributed by atoms with Crippen molar-refractivity contribution in [3.8, 4) is 6.07 Å². The summed E-state index contributed by atoms with van der Waals surface area (Å²) in [7, 11) is -3.59. The maximum absolute atomic E-state index is 12.1. The molecule has 1 aliphatic rings. The van der Waals surface area contributed by atoms with Gasteiger partial charge in [-0.25, -0.2) is 13.2 Å². The van der Waals surface area contributed by atoms with Crippen LogP contribution in [0, 0.1) is 11.3 Å². The van der Waals surface area contributed by atoms with Gasteiger partial charge >= 0.3 is 5.97 Å². The lowest BCUT2D eigenvalue weighted by atomic mass is 10.00. The number of amides is 1. The van der Waals surface area contributed by atoms with Crippen LogP contribution in [0.15, 0.2) is 29.2 Å². The van der Waals surface area contributed by atoms with Crippen LogP contribution in [0.25, 0.3) is 0 Å². The van der Waals surface area contributed by atoms with E-state index >= 15 is 0 Å². The first-order valence-electron chi connectivity index (χ1n) is 7.46. The standard InChI is InChI=1S/C16H18N2O5S/c1-24(21,22)13-7-3-2-6-12(13)15(20)23-10-14(19)18-16(11-17)8-4-5-9-16/h2-3,6-7H,4-5,8-10H2,1H3,(H,18,19). The number of nitrogens with one attached hydrogen (secondary N) is 1. The normalized spacial score (nSPS) is 16.2. The van der Waals surface area contributed by atoms with Crippen LogP contribution in [-0.4, -0.2) is 38.7 Å². The van der Waals surface area contributed by atoms with Crippen molar-refractivity contribution in [3.63, 3.8) is 0 Å². The van der Waals surface area contributed by atoms with E-state index in [1.165, 1.54) is 24.3 Å². The molecule has 1 aliphatic carbocycles. The molecule has 0 atom stereocenters. The second-order valence-corrected chi connectivity index (χ2v) is 7.78. The highest BCUT2D eigenvalue weighted by Gasteiger charge is 2.35. The Morgan fingerprint density at radius 1 is 1.29 bits per heavy atom. The average Bonchev–Trinajstić information content (AvgIpc) is 3.01. The molecule has 128 valence electrons. The van der Waals surface area contributed by atoms with Gasteiger partial charge in [-0.05, 0) is 37.8 Å². The Balaban J connectivity index is 2.02. The summed E-state index contributed by atoms with van der Waals surface area (Å²) < 4.78 is 28.3. The van der Waals surface area contributed by atoms with E-state index in [1.54, 1.807) is 0 Å². The molecule has 8 heteroatoms. The maximum atomic E-state index is 12.1. The summed E-state index contributed by atoms with van der Waals surface area (Å²) in [6, 6.07) is 7.73. The molecule has 1 aromatic carbocycles. The molecule has 0 radical (unpaired) electrons. The highest BCUT2D eigenvalue weighted by atomic mass is 32.2. The first-order valence-corrected chi connectivity index (χ1v) is 9.35. The molecule has 7 nitrogen and oxygen atoms in total. The minimum atomic E-state index is -3.59. The van der Waals surface area contributed by atoms with Crippen LogP contribution in [0.1, 0.15) is 36.0 Å². The van der Waals surface area contributed by atoms with Gasteiger partial charge in [-0.3, -0.25) is 4.79 Å². The smallest absolute Gasteiger partial charge is 0.339 e. The molecule has 0 spiro atoms. The molecule has 1 fully saturated rings. The number of benzene rings is 1. The number of hydrogen-bond donors (Lipinski definition) is 1. The summed E-state index contributed by atoms with van der Waals surface area (Å²) in [5, 5.41) is 11.8. The highest BCUT2D eigenvalue weighted by Crippen LogP contribution is 2.28. The molecule has 1 aromatic rings. The Kier molecular flexibility index (Phi) is 5.24. The summed E-state index contributed by atoms with van der Waals surface area (Å²) in [5.41, 5.74) is -1.02. The highest BCUT2D eigenvalue weighted by molar-refractivity contribution is 7.90. The maximum Gasteiger partial charge on any atom is 0.339 e. The SMILES string of the molecule is CS(=O)(=O)c1ccccc1C(=O)OCC(=O)NC1(C#N)CCCC1. The fourth-order valence-corrected chi connectivity index (χ4v) is 3.59. The van der Waals surface area contributed by atoms with Crippen LogP contribution in [0.5, 0.6) is 0 Å². The lowest BCUT2D eigenvalue weighted by molar-refractivity contribution is -0.125. The predicted octanol–water partition coefficient (Wildman–Crippen LogP) is 1.20. The number of rotatable bonds is 5. The summed E-state index contributed by atoms with van der Waals surface area (Å²) >= 11 is 0. The molecular formula is C16H18N2O5S. The quantitative estimate of drug-likeness (QED) is 0.798. The van der Waals surface area contributed by atoms with E-state index in [0.717, 1.165) is 19.1 Å². The van der Waals surface area contributed by atoms with Gasteiger partial charge in [0, 0.05) is 6.26 Å². The van der Waals surface area contributed by atoms with Crippen molar-refractivity contribution in [2.45, 2.75) is 36.1 Å². The Labute approximate surface area is 140 Å². The summed E-state index contributed by atoms with van der Waals surface area (Å²) in [5.74, 6) is -1.48. The third-order valence-electron chi connectivity index (χ3n) is 3.89. The molecule has 0 aliphatic heterocycles. The molecule has 0 aromatic heterocycles. The van der Waals surface area contributed by atoms with E-state index in [0.29, 0.717) is 12.8 Å². The minimum absolute atomic E-state index is 0.122. The van der Waals surface area contributed by atoms with E-state index in [9.17, 15) is 23.3 Å². The lowest BCUT2D eigenvalue weighted by Gasteiger charge is -2.21. The topological polar surface area (TPSA) is 113 Å². The number of nitrogens with zero attached hydrogens (tertiary/aromatic N) is 1. The van der Waals surface area contributed by atoms with E-state index < -0.39 is 33.9 Å². The third kappa shape index (κ3) is 4.11. The number of ether oxygens (including phenoxy) is 1. The molecule has 1 amide bonds. The molecule has 0 saturated heterocycles. The molecular weight excluding hydrogens is 332 g/mol. The van der Waals surface area contributed by atoms with Crippen molar-refractivity contribution >= 4 is 21.7 Å². The molecule has 0 unspecified atom stereocenters. The summed E-state index contributed by atoms with van der Waals surface area (Å²) in [4.78, 5) is 23.8. The third-order valence-corrected chi connectivity index (χ3v) is 5.05. The van der Waals surface area contributed by atoms with Gasteiger partial charge in [0.05, 0.1) is 16.5 Å². The van der Waals surface area contributed by atoms with Gasteiger partial charge < -0.3 is 10.1 Å². The lowest BCUT2D eigenvalue weighted by Crippen LogP contribution is -2.46. The van der Waals surface area contributed by atoms with Crippen molar-refractivity contribution in [2.75, 3.05) is 12.9 Å². The predicted molar refractivity (Wildman–Crippen MR) is 84.8 cm³/mol. The van der Waals surface area contributed by atoms with Crippen molar-refractivity contribution in [1.29, 1.82) is 5.26 Å².